The van der Waals surface area contributed by atoms with E-state index >= 15 is 0 Å². The number of thioether (sulfide) groups is 1. The largest absolute Gasteiger partial charge is 0.492 e. The number of rotatable bonds is 8. The maximum Gasteiger partial charge on any atom is 0.303 e. The number of carboxylic acids is 1. The maximum atomic E-state index is 10.8. The van der Waals surface area contributed by atoms with Crippen molar-refractivity contribution in [2.75, 3.05) is 26.2 Å². The molecule has 1 spiro atoms. The van der Waals surface area contributed by atoms with Crippen LogP contribution in [-0.4, -0.2) is 42.2 Å². The second kappa shape index (κ2) is 9.28. The summed E-state index contributed by atoms with van der Waals surface area (Å²) < 4.78 is 6.18. The van der Waals surface area contributed by atoms with Crippen LogP contribution >= 0.6 is 23.4 Å². The zero-order chi connectivity index (χ0) is 22.1. The summed E-state index contributed by atoms with van der Waals surface area (Å²) in [6, 6.07) is 13.2. The zero-order valence-electron chi connectivity index (χ0n) is 18.3. The summed E-state index contributed by atoms with van der Waals surface area (Å²) in [6.45, 7) is 3.65. The first-order valence-electron chi connectivity index (χ1n) is 11.7. The molecule has 0 bridgehead atoms. The van der Waals surface area contributed by atoms with E-state index < -0.39 is 5.97 Å². The van der Waals surface area contributed by atoms with Crippen molar-refractivity contribution >= 4 is 29.3 Å². The van der Waals surface area contributed by atoms with Crippen LogP contribution in [0.25, 0.3) is 0 Å². The molecule has 0 radical (unpaired) electrons. The van der Waals surface area contributed by atoms with Crippen molar-refractivity contribution in [1.82, 2.24) is 4.90 Å². The molecule has 170 valence electrons. The highest BCUT2D eigenvalue weighted by molar-refractivity contribution is 7.98. The van der Waals surface area contributed by atoms with E-state index in [0.717, 1.165) is 67.9 Å². The van der Waals surface area contributed by atoms with Gasteiger partial charge >= 0.3 is 5.97 Å². The summed E-state index contributed by atoms with van der Waals surface area (Å²) in [4.78, 5) is 14.4. The van der Waals surface area contributed by atoms with Crippen LogP contribution < -0.4 is 4.74 Å². The molecule has 2 aliphatic heterocycles. The molecule has 1 saturated heterocycles. The topological polar surface area (TPSA) is 49.8 Å². The molecule has 0 amide bonds. The van der Waals surface area contributed by atoms with Crippen molar-refractivity contribution in [1.29, 1.82) is 0 Å². The van der Waals surface area contributed by atoms with E-state index in [1.807, 2.05) is 11.8 Å². The van der Waals surface area contributed by atoms with Gasteiger partial charge in [0.25, 0.3) is 0 Å². The molecule has 5 rings (SSSR count). The molecule has 1 aliphatic carbocycles. The molecule has 0 unspecified atom stereocenters. The molecule has 0 aromatic heterocycles. The monoisotopic (exact) mass is 471 g/mol. The summed E-state index contributed by atoms with van der Waals surface area (Å²) in [5.41, 5.74) is 4.11. The van der Waals surface area contributed by atoms with Crippen molar-refractivity contribution in [3.05, 3.63) is 58.1 Å². The molecular weight excluding hydrogens is 442 g/mol. The Morgan fingerprint density at radius 1 is 1.19 bits per heavy atom. The Balaban J connectivity index is 1.20. The summed E-state index contributed by atoms with van der Waals surface area (Å²) in [7, 11) is 0. The molecule has 2 fully saturated rings. The van der Waals surface area contributed by atoms with E-state index in [2.05, 4.69) is 41.3 Å². The van der Waals surface area contributed by atoms with Crippen molar-refractivity contribution in [2.45, 2.75) is 60.5 Å². The number of hydrogen-bond donors (Lipinski definition) is 1. The molecule has 1 saturated carbocycles. The van der Waals surface area contributed by atoms with Crippen LogP contribution in [0.4, 0.5) is 0 Å². The van der Waals surface area contributed by atoms with Crippen LogP contribution in [0.2, 0.25) is 5.02 Å². The van der Waals surface area contributed by atoms with Crippen LogP contribution in [0.15, 0.2) is 41.3 Å². The minimum absolute atomic E-state index is 0.115. The Kier molecular flexibility index (Phi) is 6.42. The van der Waals surface area contributed by atoms with Gasteiger partial charge < -0.3 is 14.7 Å². The minimum Gasteiger partial charge on any atom is -0.492 e. The number of hydrogen-bond acceptors (Lipinski definition) is 4. The fourth-order valence-corrected chi connectivity index (χ4v) is 6.23. The molecule has 2 aromatic carbocycles. The second-order valence-corrected chi connectivity index (χ2v) is 10.9. The fourth-order valence-electron chi connectivity index (χ4n) is 5.05. The molecule has 6 heteroatoms. The molecule has 2 heterocycles. The van der Waals surface area contributed by atoms with Gasteiger partial charge in [-0.1, -0.05) is 29.8 Å². The van der Waals surface area contributed by atoms with Gasteiger partial charge in [-0.2, -0.15) is 0 Å². The first-order chi connectivity index (χ1) is 15.5. The van der Waals surface area contributed by atoms with Gasteiger partial charge in [-0.15, -0.1) is 11.8 Å². The third-order valence-corrected chi connectivity index (χ3v) is 8.63. The summed E-state index contributed by atoms with van der Waals surface area (Å²) >= 11 is 8.29. The number of nitrogens with zero attached hydrogens (tertiary/aromatic N) is 1. The van der Waals surface area contributed by atoms with E-state index in [1.165, 1.54) is 34.4 Å². The Morgan fingerprint density at radius 3 is 2.75 bits per heavy atom. The van der Waals surface area contributed by atoms with Gasteiger partial charge in [-0.05, 0) is 87.0 Å². The lowest BCUT2D eigenvalue weighted by molar-refractivity contribution is -0.137. The third kappa shape index (κ3) is 4.80. The summed E-state index contributed by atoms with van der Waals surface area (Å²) in [5.74, 6) is 1.94. The van der Waals surface area contributed by atoms with Gasteiger partial charge in [0.05, 0.1) is 6.61 Å². The van der Waals surface area contributed by atoms with Gasteiger partial charge in [-0.25, -0.2) is 0 Å². The van der Waals surface area contributed by atoms with Crippen LogP contribution in [-0.2, 0) is 16.0 Å². The van der Waals surface area contributed by atoms with Crippen LogP contribution in [0.5, 0.6) is 5.75 Å². The average Bonchev–Trinajstić information content (AvgIpc) is 3.58. The first kappa shape index (κ1) is 22.1. The van der Waals surface area contributed by atoms with E-state index in [-0.39, 0.29) is 11.8 Å². The quantitative estimate of drug-likeness (QED) is 0.471. The average molecular weight is 472 g/mol. The predicted octanol–water partition coefficient (Wildman–Crippen LogP) is 6.10. The van der Waals surface area contributed by atoms with Crippen molar-refractivity contribution < 1.29 is 14.6 Å². The molecule has 32 heavy (non-hydrogen) atoms. The van der Waals surface area contributed by atoms with Crippen molar-refractivity contribution in [3.63, 3.8) is 0 Å². The van der Waals surface area contributed by atoms with Crippen molar-refractivity contribution in [2.24, 2.45) is 0 Å². The van der Waals surface area contributed by atoms with E-state index in [9.17, 15) is 4.79 Å². The third-order valence-electron chi connectivity index (χ3n) is 7.22. The number of benzene rings is 2. The van der Waals surface area contributed by atoms with Gasteiger partial charge in [0.2, 0.25) is 0 Å². The number of aliphatic carboxylic acids is 1. The number of carboxylic acid groups (broad SMARTS) is 1. The van der Waals surface area contributed by atoms with Crippen molar-refractivity contribution in [3.8, 4) is 5.75 Å². The van der Waals surface area contributed by atoms with Gasteiger partial charge in [0.15, 0.2) is 0 Å². The highest BCUT2D eigenvalue weighted by atomic mass is 35.5. The second-order valence-electron chi connectivity index (χ2n) is 9.48. The summed E-state index contributed by atoms with van der Waals surface area (Å²) in [6.07, 6.45) is 5.73. The van der Waals surface area contributed by atoms with Crippen LogP contribution in [0.1, 0.15) is 61.1 Å². The number of likely N-dealkylation sites (tertiary alicyclic amines) is 1. The van der Waals surface area contributed by atoms with Crippen LogP contribution in [0, 0.1) is 0 Å². The standard InChI is InChI=1S/C26H30ClNO3S/c27-23-8-5-19(18-3-4-18)14-20(23)16-32-21-6-7-22-24(15-21)31-17-26(22)9-12-28(13-10-26)11-1-2-25(29)30/h5-8,14-15,18H,1-4,9-13,16-17H2,(H,29,30). The van der Waals surface area contributed by atoms with Crippen LogP contribution in [0.3, 0.4) is 0 Å². The molecule has 1 N–H and O–H groups in total. The Bertz CT molecular complexity index is 999. The normalized spacial score (nSPS) is 19.7. The molecule has 4 nitrogen and oxygen atoms in total. The lowest BCUT2D eigenvalue weighted by atomic mass is 9.74. The number of fused-ring (bicyclic) bond motifs is 2. The Morgan fingerprint density at radius 2 is 2.00 bits per heavy atom. The highest BCUT2D eigenvalue weighted by Gasteiger charge is 2.43. The van der Waals surface area contributed by atoms with E-state index in [4.69, 9.17) is 21.4 Å². The van der Waals surface area contributed by atoms with E-state index in [0.29, 0.717) is 0 Å². The first-order valence-corrected chi connectivity index (χ1v) is 13.0. The number of ether oxygens (including phenoxy) is 1. The summed E-state index contributed by atoms with van der Waals surface area (Å²) in [5, 5.41) is 9.71. The van der Waals surface area contributed by atoms with Gasteiger partial charge in [0.1, 0.15) is 5.75 Å². The molecule has 0 atom stereocenters. The Hall–Kier alpha value is -1.69. The zero-order valence-corrected chi connectivity index (χ0v) is 19.9. The molecular formula is C26H30ClNO3S. The lowest BCUT2D eigenvalue weighted by Gasteiger charge is -2.38. The fraction of sp³-hybridized carbons (Fsp3) is 0.500. The smallest absolute Gasteiger partial charge is 0.303 e. The predicted molar refractivity (Wildman–Crippen MR) is 129 cm³/mol. The lowest BCUT2D eigenvalue weighted by Crippen LogP contribution is -2.43. The van der Waals surface area contributed by atoms with E-state index in [1.54, 1.807) is 0 Å². The number of halogens is 1. The maximum absolute atomic E-state index is 10.8. The Labute approximate surface area is 199 Å². The molecule has 2 aromatic rings. The number of carbonyl (C=O) groups is 1. The van der Waals surface area contributed by atoms with Gasteiger partial charge in [0, 0.05) is 33.1 Å². The molecule has 3 aliphatic rings. The SMILES string of the molecule is O=C(O)CCCN1CCC2(CC1)COc1cc(SCc3cc(C4CC4)ccc3Cl)ccc12. The highest BCUT2D eigenvalue weighted by Crippen LogP contribution is 2.47. The van der Waals surface area contributed by atoms with Gasteiger partial charge in [-0.3, -0.25) is 4.79 Å². The minimum atomic E-state index is -0.705. The number of piperidine rings is 1.